The summed E-state index contributed by atoms with van der Waals surface area (Å²) in [7, 11) is 0. The number of carbonyl (C=O) groups excluding carboxylic acids is 1. The smallest absolute Gasteiger partial charge is 0.305 e. The average Bonchev–Trinajstić information content (AvgIpc) is 3.39. The second kappa shape index (κ2) is 18.2. The van der Waals surface area contributed by atoms with Crippen LogP contribution in [0.25, 0.3) is 0 Å². The summed E-state index contributed by atoms with van der Waals surface area (Å²) in [5.74, 6) is 5.11. The lowest BCUT2D eigenvalue weighted by atomic mass is 9.47. The molecule has 0 aromatic carbocycles. The Morgan fingerprint density at radius 3 is 2.30 bits per heavy atom. The molecule has 4 aliphatic rings. The molecule has 4 nitrogen and oxygen atoms in total. The Morgan fingerprint density at radius 1 is 0.891 bits per heavy atom. The van der Waals surface area contributed by atoms with Crippen LogP contribution >= 0.6 is 0 Å². The first-order chi connectivity index (χ1) is 22.1. The number of carbonyl (C=O) groups is 1. The minimum atomic E-state index is -0.202. The van der Waals surface area contributed by atoms with E-state index in [4.69, 9.17) is 15.2 Å². The number of esters is 1. The van der Waals surface area contributed by atoms with Gasteiger partial charge in [0.25, 0.3) is 0 Å². The molecule has 3 saturated carbocycles. The van der Waals surface area contributed by atoms with Crippen LogP contribution in [0.15, 0.2) is 11.6 Å². The number of unbranched alkanes of at least 4 members (excludes halogenated alkanes) is 8. The van der Waals surface area contributed by atoms with Gasteiger partial charge in [-0.2, -0.15) is 0 Å². The fourth-order valence-corrected chi connectivity index (χ4v) is 11.0. The van der Waals surface area contributed by atoms with Crippen LogP contribution in [-0.2, 0) is 14.3 Å². The van der Waals surface area contributed by atoms with Crippen LogP contribution in [0.2, 0.25) is 0 Å². The first-order valence-electron chi connectivity index (χ1n) is 20.3. The summed E-state index contributed by atoms with van der Waals surface area (Å²) < 4.78 is 12.2. The molecule has 4 aliphatic carbocycles. The highest BCUT2D eigenvalue weighted by Crippen LogP contribution is 2.67. The molecule has 9 atom stereocenters. The van der Waals surface area contributed by atoms with Gasteiger partial charge in [0.2, 0.25) is 0 Å². The van der Waals surface area contributed by atoms with Gasteiger partial charge in [0, 0.05) is 13.0 Å². The second-order valence-electron chi connectivity index (χ2n) is 17.4. The van der Waals surface area contributed by atoms with Gasteiger partial charge in [-0.25, -0.2) is 0 Å². The summed E-state index contributed by atoms with van der Waals surface area (Å²) in [6.07, 6.45) is 29.0. The van der Waals surface area contributed by atoms with Crippen molar-refractivity contribution in [3.8, 4) is 0 Å². The predicted octanol–water partition coefficient (Wildman–Crippen LogP) is 11.2. The minimum Gasteiger partial charge on any atom is -0.463 e. The van der Waals surface area contributed by atoms with Crippen LogP contribution < -0.4 is 5.73 Å². The maximum atomic E-state index is 12.4. The number of hydrogen-bond donors (Lipinski definition) is 1. The Hall–Kier alpha value is -0.870. The largest absolute Gasteiger partial charge is 0.463 e. The maximum Gasteiger partial charge on any atom is 0.305 e. The third-order valence-corrected chi connectivity index (χ3v) is 13.8. The van der Waals surface area contributed by atoms with E-state index in [2.05, 4.69) is 47.6 Å². The predicted molar refractivity (Wildman–Crippen MR) is 194 cm³/mol. The molecule has 0 spiro atoms. The van der Waals surface area contributed by atoms with E-state index in [1.54, 1.807) is 5.57 Å². The maximum absolute atomic E-state index is 12.4. The van der Waals surface area contributed by atoms with E-state index < -0.39 is 0 Å². The number of nitrogens with two attached hydrogens (primary N) is 1. The molecular weight excluding hydrogens is 566 g/mol. The van der Waals surface area contributed by atoms with Crippen LogP contribution in [0.3, 0.4) is 0 Å². The van der Waals surface area contributed by atoms with Gasteiger partial charge in [-0.05, 0) is 104 Å². The molecule has 4 rings (SSSR count). The van der Waals surface area contributed by atoms with E-state index in [9.17, 15) is 4.79 Å². The van der Waals surface area contributed by atoms with Crippen LogP contribution in [0.1, 0.15) is 176 Å². The van der Waals surface area contributed by atoms with Crippen molar-refractivity contribution in [2.24, 2.45) is 52.1 Å². The number of ether oxygens (including phenoxy) is 2. The van der Waals surface area contributed by atoms with Crippen LogP contribution in [-0.4, -0.2) is 31.3 Å². The van der Waals surface area contributed by atoms with Gasteiger partial charge >= 0.3 is 5.97 Å². The van der Waals surface area contributed by atoms with Crippen molar-refractivity contribution in [2.45, 2.75) is 189 Å². The van der Waals surface area contributed by atoms with Gasteiger partial charge < -0.3 is 15.2 Å². The number of fused-ring (bicyclic) bond motifs is 5. The third-order valence-electron chi connectivity index (χ3n) is 13.8. The summed E-state index contributed by atoms with van der Waals surface area (Å²) in [4.78, 5) is 12.4. The van der Waals surface area contributed by atoms with Gasteiger partial charge in [-0.15, -0.1) is 0 Å². The first-order valence-corrected chi connectivity index (χ1v) is 20.3. The molecule has 4 heteroatoms. The highest BCUT2D eigenvalue weighted by Gasteiger charge is 2.59. The van der Waals surface area contributed by atoms with Gasteiger partial charge in [-0.3, -0.25) is 4.79 Å². The quantitative estimate of drug-likeness (QED) is 0.0816. The van der Waals surface area contributed by atoms with Crippen molar-refractivity contribution < 1.29 is 14.3 Å². The zero-order chi connectivity index (χ0) is 33.2. The highest BCUT2D eigenvalue weighted by atomic mass is 16.6. The molecule has 0 bridgehead atoms. The highest BCUT2D eigenvalue weighted by molar-refractivity contribution is 5.69. The Balaban J connectivity index is 1.21. The van der Waals surface area contributed by atoms with Crippen LogP contribution in [0.5, 0.6) is 0 Å². The number of allylic oxidation sites excluding steroid dienone is 1. The van der Waals surface area contributed by atoms with Gasteiger partial charge in [0.1, 0.15) is 12.7 Å². The monoisotopic (exact) mass is 642 g/mol. The lowest BCUT2D eigenvalue weighted by Crippen LogP contribution is -2.51. The van der Waals surface area contributed by atoms with E-state index in [1.165, 1.54) is 103 Å². The second-order valence-corrected chi connectivity index (χ2v) is 17.4. The van der Waals surface area contributed by atoms with E-state index in [0.717, 1.165) is 61.2 Å². The fourth-order valence-electron chi connectivity index (χ4n) is 11.0. The lowest BCUT2D eigenvalue weighted by molar-refractivity contribution is -0.150. The molecule has 0 amide bonds. The molecule has 0 radical (unpaired) electrons. The summed E-state index contributed by atoms with van der Waals surface area (Å²) in [5.41, 5.74) is 8.65. The summed E-state index contributed by atoms with van der Waals surface area (Å²) >= 11 is 0. The van der Waals surface area contributed by atoms with Crippen molar-refractivity contribution in [3.63, 3.8) is 0 Å². The standard InChI is InChI=1S/C42H75NO3/c1-7-8-9-10-11-12-13-14-15-19-40(44)45-30-35(29-43)46-34-24-26-41(5)33(28-34)20-21-36-38-23-22-37(32(4)18-16-17-31(2)3)42(38,6)27-25-39(36)41/h20,31-32,34-39H,7-19,21-30,43H2,1-6H3/t32-,34?,35?,36?,37-,38?,39?,41+,42-/m1/s1. The number of rotatable bonds is 20. The molecule has 46 heavy (non-hydrogen) atoms. The SMILES string of the molecule is CCCCCCCCCCCC(=O)OCC(CN)OC1CC[C@@]2(C)C(=CCC3C2CC[C@@]2(C)C3CC[C@@H]2[C@H](C)CCCC(C)C)C1. The normalized spacial score (nSPS) is 33.6. The van der Waals surface area contributed by atoms with E-state index in [0.29, 0.717) is 30.4 Å². The molecule has 2 N–H and O–H groups in total. The molecule has 0 aliphatic heterocycles. The van der Waals surface area contributed by atoms with E-state index in [1.807, 2.05) is 0 Å². The molecule has 0 aromatic rings. The van der Waals surface area contributed by atoms with Crippen molar-refractivity contribution >= 4 is 5.97 Å². The molecule has 0 aromatic heterocycles. The third kappa shape index (κ3) is 9.64. The zero-order valence-electron chi connectivity index (χ0n) is 31.3. The first kappa shape index (κ1) is 37.9. The minimum absolute atomic E-state index is 0.0920. The summed E-state index contributed by atoms with van der Waals surface area (Å²) in [5, 5.41) is 0. The Kier molecular flexibility index (Phi) is 15.0. The lowest BCUT2D eigenvalue weighted by Gasteiger charge is -2.58. The van der Waals surface area contributed by atoms with Crippen molar-refractivity contribution in [3.05, 3.63) is 11.6 Å². The Bertz CT molecular complexity index is 945. The van der Waals surface area contributed by atoms with Crippen LogP contribution in [0, 0.1) is 46.3 Å². The number of hydrogen-bond acceptors (Lipinski definition) is 4. The molecule has 3 fully saturated rings. The van der Waals surface area contributed by atoms with Crippen LogP contribution in [0.4, 0.5) is 0 Å². The average molecular weight is 642 g/mol. The van der Waals surface area contributed by atoms with Gasteiger partial charge in [0.15, 0.2) is 0 Å². The zero-order valence-corrected chi connectivity index (χ0v) is 31.3. The molecule has 266 valence electrons. The Morgan fingerprint density at radius 2 is 1.61 bits per heavy atom. The Labute approximate surface area is 285 Å². The fraction of sp³-hybridized carbons (Fsp3) is 0.929. The van der Waals surface area contributed by atoms with E-state index >= 15 is 0 Å². The van der Waals surface area contributed by atoms with Crippen molar-refractivity contribution in [1.82, 2.24) is 0 Å². The van der Waals surface area contributed by atoms with E-state index in [-0.39, 0.29) is 18.2 Å². The van der Waals surface area contributed by atoms with Crippen molar-refractivity contribution in [1.29, 1.82) is 0 Å². The molecular formula is C42H75NO3. The van der Waals surface area contributed by atoms with Gasteiger partial charge in [-0.1, -0.05) is 124 Å². The summed E-state index contributed by atoms with van der Waals surface area (Å²) in [6.45, 7) is 15.6. The summed E-state index contributed by atoms with van der Waals surface area (Å²) in [6, 6.07) is 0. The van der Waals surface area contributed by atoms with Crippen molar-refractivity contribution in [2.75, 3.05) is 13.2 Å². The molecule has 0 heterocycles. The molecule has 0 saturated heterocycles. The molecule has 5 unspecified atom stereocenters. The van der Waals surface area contributed by atoms with Gasteiger partial charge in [0.05, 0.1) is 6.10 Å². The topological polar surface area (TPSA) is 61.5 Å².